The minimum atomic E-state index is 0.167. The summed E-state index contributed by atoms with van der Waals surface area (Å²) in [5.74, 6) is 0.991. The number of piperidine rings is 1. The lowest BCUT2D eigenvalue weighted by Crippen LogP contribution is -2.38. The van der Waals surface area contributed by atoms with E-state index >= 15 is 0 Å². The summed E-state index contributed by atoms with van der Waals surface area (Å²) in [6.07, 6.45) is 4.26. The predicted molar refractivity (Wildman–Crippen MR) is 101 cm³/mol. The highest BCUT2D eigenvalue weighted by Gasteiger charge is 2.29. The SMILES string of the molecule is CC(C)OCCOCCC(=O)N1CCC(OC2CCN(CS)CC2)C1. The van der Waals surface area contributed by atoms with Crippen LogP contribution in [0.5, 0.6) is 0 Å². The standard InChI is InChI=1S/C18H34N2O4S/c1-15(2)23-12-11-22-10-6-18(21)20-9-5-17(13-20)24-16-3-7-19(14-25)8-4-16/h15-17,25H,3-14H2,1-2H3. The monoisotopic (exact) mass is 374 g/mol. The van der Waals surface area contributed by atoms with Crippen molar-refractivity contribution in [3.63, 3.8) is 0 Å². The van der Waals surface area contributed by atoms with Crippen LogP contribution in [0.4, 0.5) is 0 Å². The molecule has 0 radical (unpaired) electrons. The molecular weight excluding hydrogens is 340 g/mol. The zero-order valence-corrected chi connectivity index (χ0v) is 16.6. The lowest BCUT2D eigenvalue weighted by Gasteiger charge is -2.32. The molecule has 0 aromatic rings. The van der Waals surface area contributed by atoms with Crippen LogP contribution in [0.1, 0.15) is 39.5 Å². The van der Waals surface area contributed by atoms with E-state index in [0.717, 1.165) is 51.3 Å². The van der Waals surface area contributed by atoms with Gasteiger partial charge in [0, 0.05) is 32.1 Å². The van der Waals surface area contributed by atoms with E-state index in [2.05, 4.69) is 17.5 Å². The molecule has 2 heterocycles. The summed E-state index contributed by atoms with van der Waals surface area (Å²) >= 11 is 4.32. The lowest BCUT2D eigenvalue weighted by atomic mass is 10.1. The van der Waals surface area contributed by atoms with Crippen molar-refractivity contribution in [2.24, 2.45) is 0 Å². The van der Waals surface area contributed by atoms with Gasteiger partial charge < -0.3 is 19.1 Å². The number of hydrogen-bond donors (Lipinski definition) is 1. The zero-order chi connectivity index (χ0) is 18.1. The average Bonchev–Trinajstić information content (AvgIpc) is 3.07. The van der Waals surface area contributed by atoms with Gasteiger partial charge in [0.25, 0.3) is 0 Å². The van der Waals surface area contributed by atoms with E-state index in [0.29, 0.717) is 32.3 Å². The van der Waals surface area contributed by atoms with Gasteiger partial charge in [-0.3, -0.25) is 9.69 Å². The number of hydrogen-bond acceptors (Lipinski definition) is 6. The fraction of sp³-hybridized carbons (Fsp3) is 0.944. The second-order valence-corrected chi connectivity index (χ2v) is 7.41. The fourth-order valence-corrected chi connectivity index (χ4v) is 3.57. The number of nitrogens with zero attached hydrogens (tertiary/aromatic N) is 2. The van der Waals surface area contributed by atoms with Crippen molar-refractivity contribution in [1.29, 1.82) is 0 Å². The quantitative estimate of drug-likeness (QED) is 0.467. The van der Waals surface area contributed by atoms with Crippen LogP contribution in [0.25, 0.3) is 0 Å². The Morgan fingerprint density at radius 3 is 2.48 bits per heavy atom. The van der Waals surface area contributed by atoms with Crippen LogP contribution in [0.3, 0.4) is 0 Å². The molecule has 2 fully saturated rings. The third-order valence-electron chi connectivity index (χ3n) is 4.76. The van der Waals surface area contributed by atoms with E-state index in [1.165, 1.54) is 0 Å². The molecule has 0 aromatic heterocycles. The molecule has 1 unspecified atom stereocenters. The molecule has 6 nitrogen and oxygen atoms in total. The van der Waals surface area contributed by atoms with Crippen molar-refractivity contribution in [1.82, 2.24) is 9.80 Å². The molecule has 146 valence electrons. The highest BCUT2D eigenvalue weighted by molar-refractivity contribution is 7.80. The Morgan fingerprint density at radius 1 is 1.08 bits per heavy atom. The van der Waals surface area contributed by atoms with E-state index in [9.17, 15) is 4.79 Å². The Balaban J connectivity index is 1.55. The first-order valence-corrected chi connectivity index (χ1v) is 10.2. The molecule has 0 bridgehead atoms. The fourth-order valence-electron chi connectivity index (χ4n) is 3.29. The van der Waals surface area contributed by atoms with Gasteiger partial charge in [-0.15, -0.1) is 0 Å². The normalized spacial score (nSPS) is 22.9. The average molecular weight is 375 g/mol. The number of amides is 1. The molecule has 25 heavy (non-hydrogen) atoms. The Hall–Kier alpha value is -0.340. The second-order valence-electron chi connectivity index (χ2n) is 7.13. The largest absolute Gasteiger partial charge is 0.379 e. The van der Waals surface area contributed by atoms with E-state index in [-0.39, 0.29) is 18.1 Å². The molecule has 2 aliphatic rings. The van der Waals surface area contributed by atoms with Crippen molar-refractivity contribution in [2.75, 3.05) is 51.9 Å². The Morgan fingerprint density at radius 2 is 1.80 bits per heavy atom. The van der Waals surface area contributed by atoms with E-state index in [4.69, 9.17) is 14.2 Å². The van der Waals surface area contributed by atoms with Crippen LogP contribution in [-0.4, -0.2) is 85.9 Å². The summed E-state index contributed by atoms with van der Waals surface area (Å²) < 4.78 is 17.1. The second kappa shape index (κ2) is 11.4. The smallest absolute Gasteiger partial charge is 0.224 e. The third kappa shape index (κ3) is 7.83. The minimum Gasteiger partial charge on any atom is -0.379 e. The highest BCUT2D eigenvalue weighted by Crippen LogP contribution is 2.21. The van der Waals surface area contributed by atoms with Crippen molar-refractivity contribution < 1.29 is 19.0 Å². The Labute approximate surface area is 157 Å². The molecule has 1 amide bonds. The number of carbonyl (C=O) groups excluding carboxylic acids is 1. The maximum Gasteiger partial charge on any atom is 0.224 e. The number of thiol groups is 1. The molecule has 7 heteroatoms. The van der Waals surface area contributed by atoms with Gasteiger partial charge in [-0.25, -0.2) is 0 Å². The van der Waals surface area contributed by atoms with E-state index < -0.39 is 0 Å². The number of likely N-dealkylation sites (tertiary alicyclic amines) is 2. The number of rotatable bonds is 10. The van der Waals surface area contributed by atoms with Gasteiger partial charge in [0.1, 0.15) is 0 Å². The molecule has 2 saturated heterocycles. The van der Waals surface area contributed by atoms with Crippen LogP contribution in [-0.2, 0) is 19.0 Å². The van der Waals surface area contributed by atoms with Gasteiger partial charge in [0.2, 0.25) is 5.91 Å². The topological polar surface area (TPSA) is 51.2 Å². The third-order valence-corrected chi connectivity index (χ3v) is 5.16. The Kier molecular flexibility index (Phi) is 9.55. The van der Waals surface area contributed by atoms with Gasteiger partial charge >= 0.3 is 0 Å². The first-order valence-electron chi connectivity index (χ1n) is 9.54. The molecule has 1 atom stereocenters. The zero-order valence-electron chi connectivity index (χ0n) is 15.7. The van der Waals surface area contributed by atoms with Gasteiger partial charge in [-0.05, 0) is 33.1 Å². The minimum absolute atomic E-state index is 0.167. The summed E-state index contributed by atoms with van der Waals surface area (Å²) in [5, 5.41) is 0. The predicted octanol–water partition coefficient (Wildman–Crippen LogP) is 1.79. The van der Waals surface area contributed by atoms with E-state index in [1.807, 2.05) is 18.7 Å². The summed E-state index contributed by atoms with van der Waals surface area (Å²) in [6.45, 7) is 9.22. The summed E-state index contributed by atoms with van der Waals surface area (Å²) in [7, 11) is 0. The first kappa shape index (κ1) is 21.0. The molecule has 0 spiro atoms. The lowest BCUT2D eigenvalue weighted by molar-refractivity contribution is -0.132. The van der Waals surface area contributed by atoms with Gasteiger partial charge in [-0.1, -0.05) is 0 Å². The summed E-state index contributed by atoms with van der Waals surface area (Å²) in [4.78, 5) is 16.5. The number of ether oxygens (including phenoxy) is 3. The van der Waals surface area contributed by atoms with Gasteiger partial charge in [0.05, 0.1) is 44.6 Å². The van der Waals surface area contributed by atoms with Gasteiger partial charge in [0.15, 0.2) is 0 Å². The molecule has 2 rings (SSSR count). The highest BCUT2D eigenvalue weighted by atomic mass is 32.1. The number of carbonyl (C=O) groups is 1. The maximum atomic E-state index is 12.2. The first-order chi connectivity index (χ1) is 12.1. The van der Waals surface area contributed by atoms with Gasteiger partial charge in [-0.2, -0.15) is 12.6 Å². The molecule has 0 N–H and O–H groups in total. The van der Waals surface area contributed by atoms with Crippen LogP contribution in [0.2, 0.25) is 0 Å². The molecule has 0 saturated carbocycles. The summed E-state index contributed by atoms with van der Waals surface area (Å²) in [6, 6.07) is 0. The van der Waals surface area contributed by atoms with Crippen molar-refractivity contribution in [3.8, 4) is 0 Å². The van der Waals surface area contributed by atoms with Crippen molar-refractivity contribution in [3.05, 3.63) is 0 Å². The molecule has 2 aliphatic heterocycles. The van der Waals surface area contributed by atoms with Crippen LogP contribution < -0.4 is 0 Å². The van der Waals surface area contributed by atoms with Crippen LogP contribution in [0, 0.1) is 0 Å². The van der Waals surface area contributed by atoms with Crippen molar-refractivity contribution >= 4 is 18.5 Å². The van der Waals surface area contributed by atoms with Crippen LogP contribution in [0.15, 0.2) is 0 Å². The molecule has 0 aromatic carbocycles. The van der Waals surface area contributed by atoms with Crippen LogP contribution >= 0.6 is 12.6 Å². The summed E-state index contributed by atoms with van der Waals surface area (Å²) in [5.41, 5.74) is 0. The Bertz CT molecular complexity index is 389. The molecule has 0 aliphatic carbocycles. The van der Waals surface area contributed by atoms with E-state index in [1.54, 1.807) is 0 Å². The maximum absolute atomic E-state index is 12.2. The van der Waals surface area contributed by atoms with Crippen molar-refractivity contribution in [2.45, 2.75) is 57.8 Å². The molecular formula is C18H34N2O4S.